The minimum Gasteiger partial charge on any atom is -0.305 e. The van der Waals surface area contributed by atoms with Crippen LogP contribution in [0.5, 0.6) is 0 Å². The highest BCUT2D eigenvalue weighted by Crippen LogP contribution is 2.22. The molecule has 2 N–H and O–H groups in total. The van der Waals surface area contributed by atoms with Gasteiger partial charge in [-0.25, -0.2) is 5.90 Å². The Kier molecular flexibility index (Phi) is 3.51. The van der Waals surface area contributed by atoms with Gasteiger partial charge in [-0.1, -0.05) is 12.1 Å². The van der Waals surface area contributed by atoms with Crippen LogP contribution in [0.2, 0.25) is 0 Å². The molecule has 90 valence electrons. The molecular weight excluding hydrogens is 220 g/mol. The fourth-order valence-electron chi connectivity index (χ4n) is 1.90. The lowest BCUT2D eigenvalue weighted by atomic mass is 10.1. The molecule has 0 aromatic heterocycles. The van der Waals surface area contributed by atoms with Crippen molar-refractivity contribution in [3.8, 4) is 0 Å². The summed E-state index contributed by atoms with van der Waals surface area (Å²) in [5.41, 5.74) is 0.986. The van der Waals surface area contributed by atoms with E-state index in [0.29, 0.717) is 30.7 Å². The average Bonchev–Trinajstić information content (AvgIpc) is 2.60. The molecule has 2 rings (SSSR count). The van der Waals surface area contributed by atoms with Crippen molar-refractivity contribution in [2.45, 2.75) is 12.8 Å². The first-order valence-corrected chi connectivity index (χ1v) is 5.52. The van der Waals surface area contributed by atoms with Crippen molar-refractivity contribution in [1.29, 1.82) is 0 Å². The van der Waals surface area contributed by atoms with Gasteiger partial charge in [0, 0.05) is 6.54 Å². The number of nitrogens with two attached hydrogens (primary N) is 1. The van der Waals surface area contributed by atoms with E-state index in [2.05, 4.69) is 4.84 Å². The predicted molar refractivity (Wildman–Crippen MR) is 61.2 cm³/mol. The Morgan fingerprint density at radius 1 is 1.06 bits per heavy atom. The Morgan fingerprint density at radius 2 is 1.65 bits per heavy atom. The lowest BCUT2D eigenvalue weighted by Crippen LogP contribution is -2.30. The summed E-state index contributed by atoms with van der Waals surface area (Å²) in [4.78, 5) is 29.6. The molecule has 1 aliphatic rings. The Hall–Kier alpha value is -1.72. The number of rotatable bonds is 5. The number of carbonyl (C=O) groups is 2. The van der Waals surface area contributed by atoms with Crippen LogP contribution in [0, 0.1) is 0 Å². The first-order valence-electron chi connectivity index (χ1n) is 5.52. The molecule has 1 aromatic carbocycles. The maximum absolute atomic E-state index is 11.9. The fraction of sp³-hybridized carbons (Fsp3) is 0.333. The van der Waals surface area contributed by atoms with E-state index < -0.39 is 0 Å². The summed E-state index contributed by atoms with van der Waals surface area (Å²) in [6.07, 6.45) is 1.42. The number of benzene rings is 1. The van der Waals surface area contributed by atoms with Crippen LogP contribution < -0.4 is 5.90 Å². The number of fused-ring (bicyclic) bond motifs is 1. The third-order valence-corrected chi connectivity index (χ3v) is 2.77. The maximum Gasteiger partial charge on any atom is 0.261 e. The Balaban J connectivity index is 2.03. The van der Waals surface area contributed by atoms with E-state index in [4.69, 9.17) is 5.90 Å². The molecule has 1 aromatic rings. The van der Waals surface area contributed by atoms with Crippen LogP contribution >= 0.6 is 0 Å². The van der Waals surface area contributed by atoms with Crippen LogP contribution in [0.3, 0.4) is 0 Å². The predicted octanol–water partition coefficient (Wildman–Crippen LogP) is 0.953. The average molecular weight is 234 g/mol. The van der Waals surface area contributed by atoms with Gasteiger partial charge < -0.3 is 4.84 Å². The quantitative estimate of drug-likeness (QED) is 0.468. The normalized spacial score (nSPS) is 14.3. The number of hydrogen-bond donors (Lipinski definition) is 1. The fourth-order valence-corrected chi connectivity index (χ4v) is 1.90. The second-order valence-electron chi connectivity index (χ2n) is 3.89. The minimum absolute atomic E-state index is 0.209. The highest BCUT2D eigenvalue weighted by Gasteiger charge is 2.34. The molecule has 5 nitrogen and oxygen atoms in total. The van der Waals surface area contributed by atoms with Gasteiger partial charge in [0.2, 0.25) is 0 Å². The number of nitrogens with zero attached hydrogens (tertiary/aromatic N) is 1. The van der Waals surface area contributed by atoms with Crippen LogP contribution in [0.1, 0.15) is 33.6 Å². The highest BCUT2D eigenvalue weighted by molar-refractivity contribution is 6.21. The molecule has 0 radical (unpaired) electrons. The van der Waals surface area contributed by atoms with Crippen LogP contribution in [0.4, 0.5) is 0 Å². The second-order valence-corrected chi connectivity index (χ2v) is 3.89. The molecule has 1 heterocycles. The van der Waals surface area contributed by atoms with Crippen molar-refractivity contribution >= 4 is 11.8 Å². The van der Waals surface area contributed by atoms with Crippen molar-refractivity contribution in [2.75, 3.05) is 13.2 Å². The summed E-state index contributed by atoms with van der Waals surface area (Å²) in [5.74, 6) is 4.48. The van der Waals surface area contributed by atoms with E-state index in [1.54, 1.807) is 24.3 Å². The molecule has 1 aliphatic heterocycles. The van der Waals surface area contributed by atoms with Gasteiger partial charge in [0.25, 0.3) is 11.8 Å². The second kappa shape index (κ2) is 5.07. The van der Waals surface area contributed by atoms with Crippen molar-refractivity contribution < 1.29 is 14.4 Å². The molecule has 0 unspecified atom stereocenters. The largest absolute Gasteiger partial charge is 0.305 e. The van der Waals surface area contributed by atoms with E-state index >= 15 is 0 Å². The highest BCUT2D eigenvalue weighted by atomic mass is 16.6. The summed E-state index contributed by atoms with van der Waals surface area (Å²) in [7, 11) is 0. The Labute approximate surface area is 99.1 Å². The molecule has 2 amide bonds. The molecule has 0 saturated heterocycles. The molecule has 5 heteroatoms. The SMILES string of the molecule is NOCCCCN1C(=O)c2ccccc2C1=O. The summed E-state index contributed by atoms with van der Waals surface area (Å²) < 4.78 is 0. The Bertz CT molecular complexity index is 410. The van der Waals surface area contributed by atoms with Gasteiger partial charge in [0.05, 0.1) is 17.7 Å². The van der Waals surface area contributed by atoms with Crippen molar-refractivity contribution in [2.24, 2.45) is 5.90 Å². The van der Waals surface area contributed by atoms with E-state index in [1.165, 1.54) is 4.90 Å². The lowest BCUT2D eigenvalue weighted by Gasteiger charge is -2.12. The standard InChI is InChI=1S/C12H14N2O3/c13-17-8-4-3-7-14-11(15)9-5-1-2-6-10(9)12(14)16/h1-2,5-6H,3-4,7-8,13H2. The molecule has 0 atom stereocenters. The van der Waals surface area contributed by atoms with Crippen molar-refractivity contribution in [1.82, 2.24) is 4.90 Å². The minimum atomic E-state index is -0.209. The zero-order chi connectivity index (χ0) is 12.3. The Morgan fingerprint density at radius 3 is 2.18 bits per heavy atom. The molecule has 17 heavy (non-hydrogen) atoms. The molecular formula is C12H14N2O3. The number of carbonyl (C=O) groups excluding carboxylic acids is 2. The molecule has 0 spiro atoms. The van der Waals surface area contributed by atoms with E-state index in [9.17, 15) is 9.59 Å². The van der Waals surface area contributed by atoms with Crippen molar-refractivity contribution in [3.05, 3.63) is 35.4 Å². The van der Waals surface area contributed by atoms with E-state index in [0.717, 1.165) is 6.42 Å². The van der Waals surface area contributed by atoms with Gasteiger partial charge >= 0.3 is 0 Å². The number of imide groups is 1. The van der Waals surface area contributed by atoms with Crippen LogP contribution in [-0.2, 0) is 4.84 Å². The summed E-state index contributed by atoms with van der Waals surface area (Å²) >= 11 is 0. The third-order valence-electron chi connectivity index (χ3n) is 2.77. The van der Waals surface area contributed by atoms with Gasteiger partial charge in [-0.05, 0) is 25.0 Å². The van der Waals surface area contributed by atoms with Crippen LogP contribution in [0.25, 0.3) is 0 Å². The molecule has 0 bridgehead atoms. The zero-order valence-electron chi connectivity index (χ0n) is 9.39. The maximum atomic E-state index is 11.9. The summed E-state index contributed by atoms with van der Waals surface area (Å²) in [6, 6.07) is 6.88. The summed E-state index contributed by atoms with van der Waals surface area (Å²) in [6.45, 7) is 0.846. The summed E-state index contributed by atoms with van der Waals surface area (Å²) in [5, 5.41) is 0. The number of hydrogen-bond acceptors (Lipinski definition) is 4. The topological polar surface area (TPSA) is 72.6 Å². The van der Waals surface area contributed by atoms with Gasteiger partial charge in [-0.15, -0.1) is 0 Å². The molecule has 0 saturated carbocycles. The van der Waals surface area contributed by atoms with Gasteiger partial charge in [0.1, 0.15) is 0 Å². The van der Waals surface area contributed by atoms with Gasteiger partial charge in [-0.3, -0.25) is 14.5 Å². The number of amides is 2. The first-order chi connectivity index (χ1) is 8.25. The first kappa shape index (κ1) is 11.8. The van der Waals surface area contributed by atoms with E-state index in [-0.39, 0.29) is 11.8 Å². The van der Waals surface area contributed by atoms with Gasteiger partial charge in [0.15, 0.2) is 0 Å². The third kappa shape index (κ3) is 2.20. The smallest absolute Gasteiger partial charge is 0.261 e. The zero-order valence-corrected chi connectivity index (χ0v) is 9.39. The molecule has 0 aliphatic carbocycles. The van der Waals surface area contributed by atoms with Crippen molar-refractivity contribution in [3.63, 3.8) is 0 Å². The van der Waals surface area contributed by atoms with Crippen LogP contribution in [-0.4, -0.2) is 29.9 Å². The number of unbranched alkanes of at least 4 members (excludes halogenated alkanes) is 1. The van der Waals surface area contributed by atoms with Crippen LogP contribution in [0.15, 0.2) is 24.3 Å². The molecule has 0 fully saturated rings. The lowest BCUT2D eigenvalue weighted by molar-refractivity contribution is 0.0643. The monoisotopic (exact) mass is 234 g/mol. The van der Waals surface area contributed by atoms with E-state index in [1.807, 2.05) is 0 Å². The van der Waals surface area contributed by atoms with Gasteiger partial charge in [-0.2, -0.15) is 0 Å².